The minimum atomic E-state index is -0.556. The lowest BCUT2D eigenvalue weighted by Crippen LogP contribution is -2.36. The molecule has 3 N–H and O–H groups in total. The zero-order valence-corrected chi connectivity index (χ0v) is 15.9. The number of carbonyl (C=O) groups excluding carboxylic acids is 1. The number of primary amides is 1. The summed E-state index contributed by atoms with van der Waals surface area (Å²) in [5, 5.41) is 0.480. The van der Waals surface area contributed by atoms with E-state index in [1.54, 1.807) is 0 Å². The molecule has 0 aliphatic heterocycles. The quantitative estimate of drug-likeness (QED) is 0.662. The Kier molecular flexibility index (Phi) is 4.91. The summed E-state index contributed by atoms with van der Waals surface area (Å²) in [5.74, 6) is -0.556. The average molecular weight is 422 g/mol. The number of hydrogen-bond acceptors (Lipinski definition) is 4. The van der Waals surface area contributed by atoms with Crippen molar-refractivity contribution in [2.45, 2.75) is 26.3 Å². The molecule has 0 bridgehead atoms. The molecule has 0 fully saturated rings. The second-order valence-electron chi connectivity index (χ2n) is 5.57. The number of aromatic amines is 1. The Labute approximate surface area is 155 Å². The minimum Gasteiger partial charge on any atom is -0.370 e. The number of benzene rings is 1. The maximum atomic E-state index is 12.9. The summed E-state index contributed by atoms with van der Waals surface area (Å²) >= 11 is 4.82. The van der Waals surface area contributed by atoms with Crippen LogP contribution < -0.4 is 17.0 Å². The molecule has 6 nitrogen and oxygen atoms in total. The number of thiophene rings is 1. The second-order valence-corrected chi connectivity index (χ2v) is 7.59. The van der Waals surface area contributed by atoms with Gasteiger partial charge in [-0.25, -0.2) is 4.79 Å². The molecule has 1 amide bonds. The largest absolute Gasteiger partial charge is 0.370 e. The van der Waals surface area contributed by atoms with Crippen molar-refractivity contribution in [1.29, 1.82) is 0 Å². The average Bonchev–Trinajstić information content (AvgIpc) is 2.93. The zero-order chi connectivity index (χ0) is 18.1. The monoisotopic (exact) mass is 421 g/mol. The van der Waals surface area contributed by atoms with Crippen LogP contribution in [0.15, 0.2) is 38.3 Å². The lowest BCUT2D eigenvalue weighted by Gasteiger charge is -2.06. The molecule has 2 aromatic heterocycles. The number of carbonyl (C=O) groups is 1. The van der Waals surface area contributed by atoms with Crippen LogP contribution >= 0.6 is 27.3 Å². The third-order valence-corrected chi connectivity index (χ3v) is 5.72. The summed E-state index contributed by atoms with van der Waals surface area (Å²) < 4.78 is 1.99. The molecule has 0 unspecified atom stereocenters. The first-order valence-electron chi connectivity index (χ1n) is 7.75. The summed E-state index contributed by atoms with van der Waals surface area (Å²) in [6.07, 6.45) is 0.681. The molecule has 0 aliphatic rings. The normalized spacial score (nSPS) is 11.1. The smallest absolute Gasteiger partial charge is 0.329 e. The van der Waals surface area contributed by atoms with Gasteiger partial charge < -0.3 is 5.73 Å². The first-order chi connectivity index (χ1) is 11.9. The van der Waals surface area contributed by atoms with E-state index in [2.05, 4.69) is 20.9 Å². The number of aromatic nitrogens is 2. The minimum absolute atomic E-state index is 0.0312. The highest BCUT2D eigenvalue weighted by molar-refractivity contribution is 9.10. The van der Waals surface area contributed by atoms with Crippen LogP contribution in [0.3, 0.4) is 0 Å². The van der Waals surface area contributed by atoms with Crippen LogP contribution in [-0.2, 0) is 17.8 Å². The van der Waals surface area contributed by atoms with Gasteiger partial charge >= 0.3 is 5.69 Å². The van der Waals surface area contributed by atoms with Gasteiger partial charge in [0.15, 0.2) is 0 Å². The van der Waals surface area contributed by atoms with Crippen molar-refractivity contribution in [2.24, 2.45) is 5.73 Å². The highest BCUT2D eigenvalue weighted by Crippen LogP contribution is 2.36. The Bertz CT molecular complexity index is 1060. The summed E-state index contributed by atoms with van der Waals surface area (Å²) in [6, 6.07) is 7.69. The maximum Gasteiger partial charge on any atom is 0.329 e. The van der Waals surface area contributed by atoms with Crippen LogP contribution in [0, 0.1) is 0 Å². The molecular weight excluding hydrogens is 406 g/mol. The molecule has 0 aliphatic carbocycles. The Morgan fingerprint density at radius 2 is 1.96 bits per heavy atom. The van der Waals surface area contributed by atoms with Crippen molar-refractivity contribution >= 4 is 43.4 Å². The fourth-order valence-electron chi connectivity index (χ4n) is 2.76. The molecule has 0 spiro atoms. The third kappa shape index (κ3) is 3.32. The fraction of sp³-hybridized carbons (Fsp3) is 0.235. The van der Waals surface area contributed by atoms with E-state index < -0.39 is 17.2 Å². The summed E-state index contributed by atoms with van der Waals surface area (Å²) in [7, 11) is 0. The van der Waals surface area contributed by atoms with Crippen molar-refractivity contribution in [1.82, 2.24) is 9.55 Å². The number of aryl methyl sites for hydroxylation is 1. The predicted octanol–water partition coefficient (Wildman–Crippen LogP) is 2.62. The van der Waals surface area contributed by atoms with E-state index in [1.165, 1.54) is 11.3 Å². The molecule has 3 aromatic rings. The summed E-state index contributed by atoms with van der Waals surface area (Å²) in [4.78, 5) is 40.5. The molecule has 0 radical (unpaired) electrons. The van der Waals surface area contributed by atoms with Crippen LogP contribution in [0.25, 0.3) is 21.3 Å². The van der Waals surface area contributed by atoms with Gasteiger partial charge in [0.25, 0.3) is 5.56 Å². The molecule has 0 atom stereocenters. The van der Waals surface area contributed by atoms with E-state index in [9.17, 15) is 14.4 Å². The molecule has 8 heteroatoms. The molecule has 1 aromatic carbocycles. The Morgan fingerprint density at radius 1 is 1.28 bits per heavy atom. The zero-order valence-electron chi connectivity index (χ0n) is 13.5. The number of hydrogen-bond donors (Lipinski definition) is 2. The third-order valence-electron chi connectivity index (χ3n) is 3.94. The van der Waals surface area contributed by atoms with Gasteiger partial charge in [-0.2, -0.15) is 0 Å². The topological polar surface area (TPSA) is 97.9 Å². The van der Waals surface area contributed by atoms with Crippen LogP contribution in [-0.4, -0.2) is 15.5 Å². The Morgan fingerprint density at radius 3 is 2.56 bits per heavy atom. The molecule has 25 heavy (non-hydrogen) atoms. The van der Waals surface area contributed by atoms with Gasteiger partial charge in [-0.3, -0.25) is 19.1 Å². The van der Waals surface area contributed by atoms with Gasteiger partial charge in [0.1, 0.15) is 4.83 Å². The van der Waals surface area contributed by atoms with Crippen LogP contribution in [0.4, 0.5) is 0 Å². The maximum absolute atomic E-state index is 12.9. The van der Waals surface area contributed by atoms with Crippen molar-refractivity contribution in [3.63, 3.8) is 0 Å². The van der Waals surface area contributed by atoms with Gasteiger partial charge in [0.2, 0.25) is 5.91 Å². The second kappa shape index (κ2) is 6.97. The molecule has 0 saturated heterocycles. The number of fused-ring (bicyclic) bond motifs is 1. The van der Waals surface area contributed by atoms with E-state index in [1.807, 2.05) is 31.2 Å². The van der Waals surface area contributed by atoms with Crippen LogP contribution in [0.2, 0.25) is 0 Å². The fourth-order valence-corrected chi connectivity index (χ4v) is 4.16. The summed E-state index contributed by atoms with van der Waals surface area (Å²) in [6.45, 7) is 1.98. The van der Waals surface area contributed by atoms with Crippen molar-refractivity contribution < 1.29 is 4.79 Å². The molecule has 0 saturated carbocycles. The predicted molar refractivity (Wildman–Crippen MR) is 103 cm³/mol. The van der Waals surface area contributed by atoms with Gasteiger partial charge in [-0.05, 0) is 24.1 Å². The van der Waals surface area contributed by atoms with E-state index in [0.717, 1.165) is 31.5 Å². The number of halogens is 1. The first-order valence-corrected chi connectivity index (χ1v) is 9.36. The molecule has 3 rings (SSSR count). The van der Waals surface area contributed by atoms with Gasteiger partial charge in [-0.15, -0.1) is 11.3 Å². The number of nitrogens with two attached hydrogens (primary N) is 1. The molecular formula is C17H16BrN3O3S. The summed E-state index contributed by atoms with van der Waals surface area (Å²) in [5.41, 5.74) is 5.98. The van der Waals surface area contributed by atoms with Gasteiger partial charge in [0, 0.05) is 27.9 Å². The lowest BCUT2D eigenvalue weighted by molar-refractivity contribution is -0.118. The number of nitrogens with one attached hydrogen (secondary N) is 1. The molecule has 130 valence electrons. The van der Waals surface area contributed by atoms with Crippen LogP contribution in [0.1, 0.15) is 18.2 Å². The van der Waals surface area contributed by atoms with Gasteiger partial charge in [0.05, 0.1) is 5.39 Å². The highest BCUT2D eigenvalue weighted by atomic mass is 79.9. The standard InChI is InChI=1S/C17H16BrN3O3S/c1-2-11-13(9-3-5-10(18)6-4-9)14-15(25-11)20-17(24)21(16(14)23)8-7-12(19)22/h3-6H,2,7-8H2,1H3,(H2,19,22)(H,20,24). The van der Waals surface area contributed by atoms with Gasteiger partial charge in [-0.1, -0.05) is 35.0 Å². The lowest BCUT2D eigenvalue weighted by atomic mass is 10.0. The van der Waals surface area contributed by atoms with Crippen molar-refractivity contribution in [3.05, 3.63) is 54.5 Å². The number of H-pyrrole nitrogens is 1. The molecule has 2 heterocycles. The Balaban J connectivity index is 2.30. The van der Waals surface area contributed by atoms with Crippen molar-refractivity contribution in [2.75, 3.05) is 0 Å². The highest BCUT2D eigenvalue weighted by Gasteiger charge is 2.19. The number of amides is 1. The van der Waals surface area contributed by atoms with E-state index in [-0.39, 0.29) is 13.0 Å². The Hall–Kier alpha value is -2.19. The van der Waals surface area contributed by atoms with Crippen molar-refractivity contribution in [3.8, 4) is 11.1 Å². The number of rotatable bonds is 5. The first kappa shape index (κ1) is 17.6. The van der Waals surface area contributed by atoms with E-state index >= 15 is 0 Å². The van der Waals surface area contributed by atoms with E-state index in [0.29, 0.717) is 10.2 Å². The van der Waals surface area contributed by atoms with E-state index in [4.69, 9.17) is 5.73 Å². The SMILES string of the molecule is CCc1sc2[nH]c(=O)n(CCC(N)=O)c(=O)c2c1-c1ccc(Br)cc1. The number of nitrogens with zero attached hydrogens (tertiary/aromatic N) is 1. The van der Waals surface area contributed by atoms with Crippen LogP contribution in [0.5, 0.6) is 0 Å².